The van der Waals surface area contributed by atoms with Crippen LogP contribution in [0.1, 0.15) is 11.1 Å². The van der Waals surface area contributed by atoms with Gasteiger partial charge in [-0.2, -0.15) is 0 Å². The highest BCUT2D eigenvalue weighted by atomic mass is 32.1. The van der Waals surface area contributed by atoms with Crippen molar-refractivity contribution in [2.45, 2.75) is 18.1 Å². The highest BCUT2D eigenvalue weighted by Gasteiger charge is 2.04. The summed E-state index contributed by atoms with van der Waals surface area (Å²) < 4.78 is 10.2. The Balaban J connectivity index is -0.000000563. The van der Waals surface area contributed by atoms with Gasteiger partial charge in [0.05, 0.1) is 13.2 Å². The Morgan fingerprint density at radius 1 is 1.00 bits per heavy atom. The molecule has 0 fully saturated rings. The number of ether oxygens (including phenoxy) is 2. The number of benzene rings is 1. The van der Waals surface area contributed by atoms with Crippen molar-refractivity contribution in [1.29, 1.82) is 0 Å². The van der Waals surface area contributed by atoms with E-state index >= 15 is 0 Å². The first-order valence-electron chi connectivity index (χ1n) is 4.07. The van der Waals surface area contributed by atoms with E-state index in [2.05, 4.69) is 12.6 Å². The van der Waals surface area contributed by atoms with Crippen LogP contribution in [0, 0.1) is 0 Å². The van der Waals surface area contributed by atoms with Crippen molar-refractivity contribution in [1.82, 2.24) is 0 Å². The maximum Gasteiger partial charge on any atom is 0.0727 e. The fourth-order valence-electron chi connectivity index (χ4n) is 1.22. The zero-order valence-electron chi connectivity index (χ0n) is 9.13. The smallest absolute Gasteiger partial charge is 0.0727 e. The van der Waals surface area contributed by atoms with Crippen LogP contribution in [0.15, 0.2) is 23.1 Å². The lowest BCUT2D eigenvalue weighted by molar-refractivity contribution is 0.166. The molecule has 1 rings (SSSR count). The summed E-state index contributed by atoms with van der Waals surface area (Å²) in [7, 11) is 3.36. The second-order valence-electron chi connectivity index (χ2n) is 2.78. The molecule has 0 spiro atoms. The van der Waals surface area contributed by atoms with Gasteiger partial charge in [-0.15, -0.1) is 12.6 Å². The van der Waals surface area contributed by atoms with Crippen LogP contribution in [-0.2, 0) is 22.7 Å². The van der Waals surface area contributed by atoms with Gasteiger partial charge in [0.25, 0.3) is 0 Å². The molecule has 0 radical (unpaired) electrons. The molecular weight excluding hydrogens is 241 g/mol. The summed E-state index contributed by atoms with van der Waals surface area (Å²) in [5.74, 6) is 0. The predicted molar refractivity (Wildman–Crippen MR) is 62.6 cm³/mol. The second kappa shape index (κ2) is 10.8. The fourth-order valence-corrected chi connectivity index (χ4v) is 1.52. The predicted octanol–water partition coefficient (Wildman–Crippen LogP) is 2.73. The molecule has 0 saturated carbocycles. The van der Waals surface area contributed by atoms with Gasteiger partial charge >= 0.3 is 0 Å². The van der Waals surface area contributed by atoms with E-state index in [-0.39, 0.29) is 14.1 Å². The maximum atomic E-state index is 5.09. The van der Waals surface area contributed by atoms with Crippen LogP contribution in [-0.4, -0.2) is 14.2 Å². The standard InChI is InChI=1S/C10H14O2S.3FH/c1-11-6-8-4-3-5-10(13)9(8)7-12-2;;;/h3-5,13H,6-7H2,1-2H3;3*1H. The highest BCUT2D eigenvalue weighted by Crippen LogP contribution is 2.19. The monoisotopic (exact) mass is 258 g/mol. The Kier molecular flexibility index (Phi) is 13.9. The van der Waals surface area contributed by atoms with E-state index in [0.29, 0.717) is 13.2 Å². The highest BCUT2D eigenvalue weighted by molar-refractivity contribution is 7.80. The summed E-state index contributed by atoms with van der Waals surface area (Å²) in [6.45, 7) is 1.19. The Hall–Kier alpha value is -0.720. The molecule has 96 valence electrons. The number of rotatable bonds is 4. The minimum Gasteiger partial charge on any atom is -0.380 e. The molecule has 0 aromatic heterocycles. The third-order valence-electron chi connectivity index (χ3n) is 1.84. The first-order chi connectivity index (χ1) is 6.29. The Morgan fingerprint density at radius 2 is 1.56 bits per heavy atom. The summed E-state index contributed by atoms with van der Waals surface area (Å²) >= 11 is 4.36. The Labute approximate surface area is 98.5 Å². The third kappa shape index (κ3) is 5.39. The number of methoxy groups -OCH3 is 2. The van der Waals surface area contributed by atoms with E-state index in [1.54, 1.807) is 14.2 Å². The average Bonchev–Trinajstić information content (AvgIpc) is 2.11. The topological polar surface area (TPSA) is 18.5 Å². The van der Waals surface area contributed by atoms with Gasteiger partial charge in [-0.1, -0.05) is 12.1 Å². The van der Waals surface area contributed by atoms with Crippen molar-refractivity contribution < 1.29 is 23.6 Å². The summed E-state index contributed by atoms with van der Waals surface area (Å²) in [5.41, 5.74) is 2.24. The molecule has 0 aliphatic rings. The summed E-state index contributed by atoms with van der Waals surface area (Å²) in [6.07, 6.45) is 0. The number of hydrogen-bond acceptors (Lipinski definition) is 3. The number of hydrogen-bond donors (Lipinski definition) is 1. The van der Waals surface area contributed by atoms with Crippen LogP contribution in [0.3, 0.4) is 0 Å². The van der Waals surface area contributed by atoms with Gasteiger partial charge in [-0.3, -0.25) is 14.1 Å². The van der Waals surface area contributed by atoms with Crippen molar-refractivity contribution in [2.75, 3.05) is 14.2 Å². The van der Waals surface area contributed by atoms with Gasteiger partial charge in [0.2, 0.25) is 0 Å². The zero-order valence-corrected chi connectivity index (χ0v) is 10.0. The summed E-state index contributed by atoms with van der Waals surface area (Å²) in [5, 5.41) is 0. The largest absolute Gasteiger partial charge is 0.380 e. The van der Waals surface area contributed by atoms with E-state index < -0.39 is 0 Å². The molecule has 6 heteroatoms. The maximum absolute atomic E-state index is 5.09. The molecule has 2 nitrogen and oxygen atoms in total. The molecule has 16 heavy (non-hydrogen) atoms. The minimum atomic E-state index is 0. The molecule has 0 saturated heterocycles. The Bertz CT molecular complexity index is 285. The van der Waals surface area contributed by atoms with Crippen molar-refractivity contribution in [3.8, 4) is 0 Å². The lowest BCUT2D eigenvalue weighted by Crippen LogP contribution is -1.98. The molecule has 0 bridgehead atoms. The van der Waals surface area contributed by atoms with E-state index in [1.165, 1.54) is 0 Å². The average molecular weight is 258 g/mol. The van der Waals surface area contributed by atoms with Crippen LogP contribution in [0.4, 0.5) is 14.1 Å². The normalized spacial score (nSPS) is 8.44. The van der Waals surface area contributed by atoms with Crippen LogP contribution in [0.5, 0.6) is 0 Å². The Morgan fingerprint density at radius 3 is 2.06 bits per heavy atom. The quantitative estimate of drug-likeness (QED) is 0.837. The van der Waals surface area contributed by atoms with E-state index in [1.807, 2.05) is 18.2 Å². The van der Waals surface area contributed by atoms with Gasteiger partial charge in [0, 0.05) is 19.1 Å². The molecule has 0 aliphatic heterocycles. The lowest BCUT2D eigenvalue weighted by atomic mass is 10.1. The lowest BCUT2D eigenvalue weighted by Gasteiger charge is -2.10. The summed E-state index contributed by atoms with van der Waals surface area (Å²) in [6, 6.07) is 5.95. The summed E-state index contributed by atoms with van der Waals surface area (Å²) in [4.78, 5) is 0.955. The molecular formula is C10H17F3O2S. The SMILES string of the molecule is COCc1cccc(S)c1COC.F.F.F. The zero-order chi connectivity index (χ0) is 9.68. The molecule has 1 aromatic rings. The molecule has 0 N–H and O–H groups in total. The minimum absolute atomic E-state index is 0. The van der Waals surface area contributed by atoms with Crippen molar-refractivity contribution in [3.63, 3.8) is 0 Å². The van der Waals surface area contributed by atoms with Crippen molar-refractivity contribution >= 4 is 12.6 Å². The van der Waals surface area contributed by atoms with Crippen LogP contribution < -0.4 is 0 Å². The molecule has 0 amide bonds. The second-order valence-corrected chi connectivity index (χ2v) is 3.26. The van der Waals surface area contributed by atoms with Gasteiger partial charge in [0.15, 0.2) is 0 Å². The fraction of sp³-hybridized carbons (Fsp3) is 0.400. The molecule has 0 aliphatic carbocycles. The van der Waals surface area contributed by atoms with E-state index in [9.17, 15) is 0 Å². The molecule has 0 heterocycles. The molecule has 1 aromatic carbocycles. The van der Waals surface area contributed by atoms with E-state index in [0.717, 1.165) is 16.0 Å². The molecule has 0 unspecified atom stereocenters. The van der Waals surface area contributed by atoms with Crippen molar-refractivity contribution in [2.24, 2.45) is 0 Å². The third-order valence-corrected chi connectivity index (χ3v) is 2.26. The van der Waals surface area contributed by atoms with Gasteiger partial charge in [0.1, 0.15) is 0 Å². The van der Waals surface area contributed by atoms with Gasteiger partial charge in [-0.25, -0.2) is 0 Å². The van der Waals surface area contributed by atoms with Crippen LogP contribution in [0.25, 0.3) is 0 Å². The number of halogens is 3. The van der Waals surface area contributed by atoms with Gasteiger partial charge in [-0.05, 0) is 17.2 Å². The van der Waals surface area contributed by atoms with Crippen LogP contribution in [0.2, 0.25) is 0 Å². The van der Waals surface area contributed by atoms with E-state index in [4.69, 9.17) is 9.47 Å². The number of thiol groups is 1. The first kappa shape index (κ1) is 20.7. The molecule has 0 atom stereocenters. The first-order valence-corrected chi connectivity index (χ1v) is 4.52. The van der Waals surface area contributed by atoms with Gasteiger partial charge < -0.3 is 9.47 Å². The van der Waals surface area contributed by atoms with Crippen LogP contribution >= 0.6 is 12.6 Å². The van der Waals surface area contributed by atoms with Crippen molar-refractivity contribution in [3.05, 3.63) is 29.3 Å².